The van der Waals surface area contributed by atoms with E-state index in [4.69, 9.17) is 5.11 Å². The van der Waals surface area contributed by atoms with Crippen molar-refractivity contribution in [2.75, 3.05) is 0 Å². The normalized spacial score (nSPS) is 10.6. The van der Waals surface area contributed by atoms with Gasteiger partial charge in [-0.2, -0.15) is 0 Å². The summed E-state index contributed by atoms with van der Waals surface area (Å²) in [6.45, 7) is 3.84. The molecule has 0 aliphatic rings. The number of hydrogen-bond acceptors (Lipinski definition) is 4. The molecule has 110 valence electrons. The molecular weight excluding hydrogens is 284 g/mol. The van der Waals surface area contributed by atoms with Crippen LogP contribution in [-0.2, 0) is 17.0 Å². The summed E-state index contributed by atoms with van der Waals surface area (Å²) in [5, 5.41) is 8.78. The molecule has 1 heterocycles. The van der Waals surface area contributed by atoms with E-state index in [-0.39, 0.29) is 6.42 Å². The number of benzene rings is 1. The Morgan fingerprint density at radius 1 is 1.14 bits per heavy atom. The Morgan fingerprint density at radius 2 is 1.76 bits per heavy atom. The standard InChI is InChI=1S/C16H18N2O2S/c1-11-14(8-9-16(19)20)12(2)18-15(17-11)10-21-13-6-4-3-5-7-13/h3-7H,8-10H2,1-2H3,(H,19,20). The molecule has 0 saturated heterocycles. The largest absolute Gasteiger partial charge is 0.481 e. The van der Waals surface area contributed by atoms with E-state index in [9.17, 15) is 4.79 Å². The Hall–Kier alpha value is -1.88. The van der Waals surface area contributed by atoms with E-state index >= 15 is 0 Å². The Kier molecular flexibility index (Phi) is 5.33. The minimum atomic E-state index is -0.794. The first-order chi connectivity index (χ1) is 10.1. The fourth-order valence-electron chi connectivity index (χ4n) is 2.13. The maximum atomic E-state index is 10.7. The third-order valence-corrected chi connectivity index (χ3v) is 4.18. The highest BCUT2D eigenvalue weighted by Gasteiger charge is 2.10. The summed E-state index contributed by atoms with van der Waals surface area (Å²) in [7, 11) is 0. The molecule has 2 rings (SSSR count). The van der Waals surface area contributed by atoms with E-state index in [0.29, 0.717) is 12.2 Å². The number of aryl methyl sites for hydroxylation is 2. The van der Waals surface area contributed by atoms with Gasteiger partial charge in [0.05, 0.1) is 5.75 Å². The Balaban J connectivity index is 2.07. The predicted octanol–water partition coefficient (Wildman–Crippen LogP) is 3.40. The van der Waals surface area contributed by atoms with Crippen LogP contribution in [0, 0.1) is 13.8 Å². The lowest BCUT2D eigenvalue weighted by atomic mass is 10.1. The van der Waals surface area contributed by atoms with Crippen molar-refractivity contribution >= 4 is 17.7 Å². The highest BCUT2D eigenvalue weighted by Crippen LogP contribution is 2.22. The Labute approximate surface area is 128 Å². The second kappa shape index (κ2) is 7.22. The maximum Gasteiger partial charge on any atom is 0.303 e. The number of carbonyl (C=O) groups is 1. The van der Waals surface area contributed by atoms with Gasteiger partial charge in [0.15, 0.2) is 0 Å². The van der Waals surface area contributed by atoms with Gasteiger partial charge in [-0.1, -0.05) is 18.2 Å². The van der Waals surface area contributed by atoms with Gasteiger partial charge in [0.1, 0.15) is 5.82 Å². The molecule has 4 nitrogen and oxygen atoms in total. The van der Waals surface area contributed by atoms with Gasteiger partial charge in [0.25, 0.3) is 0 Å². The molecule has 21 heavy (non-hydrogen) atoms. The molecule has 0 aliphatic carbocycles. The summed E-state index contributed by atoms with van der Waals surface area (Å²) in [6.07, 6.45) is 0.599. The van der Waals surface area contributed by atoms with Crippen molar-refractivity contribution in [3.8, 4) is 0 Å². The van der Waals surface area contributed by atoms with Gasteiger partial charge >= 0.3 is 5.97 Å². The van der Waals surface area contributed by atoms with Gasteiger partial charge < -0.3 is 5.11 Å². The van der Waals surface area contributed by atoms with Gasteiger partial charge in [-0.15, -0.1) is 11.8 Å². The van der Waals surface area contributed by atoms with Crippen LogP contribution >= 0.6 is 11.8 Å². The van der Waals surface area contributed by atoms with E-state index in [0.717, 1.165) is 22.8 Å². The molecule has 0 spiro atoms. The molecule has 0 amide bonds. The molecule has 5 heteroatoms. The summed E-state index contributed by atoms with van der Waals surface area (Å²) < 4.78 is 0. The smallest absolute Gasteiger partial charge is 0.303 e. The van der Waals surface area contributed by atoms with E-state index in [2.05, 4.69) is 22.1 Å². The number of rotatable bonds is 6. The minimum Gasteiger partial charge on any atom is -0.481 e. The van der Waals surface area contributed by atoms with Crippen LogP contribution in [0.5, 0.6) is 0 Å². The fraction of sp³-hybridized carbons (Fsp3) is 0.312. The van der Waals surface area contributed by atoms with Crippen molar-refractivity contribution in [2.45, 2.75) is 37.3 Å². The topological polar surface area (TPSA) is 63.1 Å². The molecule has 0 atom stereocenters. The van der Waals surface area contributed by atoms with Crippen molar-refractivity contribution in [3.05, 3.63) is 53.1 Å². The van der Waals surface area contributed by atoms with Crippen LogP contribution in [0.3, 0.4) is 0 Å². The van der Waals surface area contributed by atoms with Crippen LogP contribution in [-0.4, -0.2) is 21.0 Å². The molecule has 0 unspecified atom stereocenters. The lowest BCUT2D eigenvalue weighted by molar-refractivity contribution is -0.136. The molecule has 0 saturated carbocycles. The predicted molar refractivity (Wildman–Crippen MR) is 83.5 cm³/mol. The summed E-state index contributed by atoms with van der Waals surface area (Å²) >= 11 is 1.70. The van der Waals surface area contributed by atoms with Crippen LogP contribution in [0.15, 0.2) is 35.2 Å². The molecule has 1 aromatic carbocycles. The van der Waals surface area contributed by atoms with Gasteiger partial charge in [-0.25, -0.2) is 9.97 Å². The highest BCUT2D eigenvalue weighted by molar-refractivity contribution is 7.98. The van der Waals surface area contributed by atoms with Crippen LogP contribution in [0.2, 0.25) is 0 Å². The van der Waals surface area contributed by atoms with Crippen molar-refractivity contribution in [3.63, 3.8) is 0 Å². The fourth-order valence-corrected chi connectivity index (χ4v) is 2.91. The van der Waals surface area contributed by atoms with Gasteiger partial charge in [0, 0.05) is 22.7 Å². The zero-order valence-electron chi connectivity index (χ0n) is 12.2. The van der Waals surface area contributed by atoms with Crippen LogP contribution in [0.25, 0.3) is 0 Å². The molecule has 2 aromatic rings. The second-order valence-electron chi connectivity index (χ2n) is 4.78. The van der Waals surface area contributed by atoms with E-state index < -0.39 is 5.97 Å². The summed E-state index contributed by atoms with van der Waals surface area (Å²) in [5.74, 6) is 0.709. The average molecular weight is 302 g/mol. The van der Waals surface area contributed by atoms with E-state index in [1.54, 1.807) is 11.8 Å². The molecule has 1 aromatic heterocycles. The lowest BCUT2D eigenvalue weighted by Gasteiger charge is -2.10. The third kappa shape index (κ3) is 4.56. The number of aromatic nitrogens is 2. The molecule has 0 radical (unpaired) electrons. The Bertz CT molecular complexity index is 606. The molecule has 1 N–H and O–H groups in total. The van der Waals surface area contributed by atoms with Crippen LogP contribution < -0.4 is 0 Å². The second-order valence-corrected chi connectivity index (χ2v) is 5.83. The quantitative estimate of drug-likeness (QED) is 0.829. The number of aliphatic carboxylic acids is 1. The number of thioether (sulfide) groups is 1. The summed E-state index contributed by atoms with van der Waals surface area (Å²) in [5.41, 5.74) is 2.71. The first-order valence-electron chi connectivity index (χ1n) is 6.79. The third-order valence-electron chi connectivity index (χ3n) is 3.17. The van der Waals surface area contributed by atoms with Crippen molar-refractivity contribution in [2.24, 2.45) is 0 Å². The van der Waals surface area contributed by atoms with Crippen molar-refractivity contribution in [1.29, 1.82) is 0 Å². The van der Waals surface area contributed by atoms with Gasteiger partial charge in [-0.3, -0.25) is 4.79 Å². The van der Waals surface area contributed by atoms with Gasteiger partial charge in [0.2, 0.25) is 0 Å². The van der Waals surface area contributed by atoms with Crippen LogP contribution in [0.4, 0.5) is 0 Å². The van der Waals surface area contributed by atoms with E-state index in [1.165, 1.54) is 4.90 Å². The summed E-state index contributed by atoms with van der Waals surface area (Å²) in [6, 6.07) is 10.1. The maximum absolute atomic E-state index is 10.7. The summed E-state index contributed by atoms with van der Waals surface area (Å²) in [4.78, 5) is 20.9. The first kappa shape index (κ1) is 15.5. The molecule has 0 fully saturated rings. The monoisotopic (exact) mass is 302 g/mol. The lowest BCUT2D eigenvalue weighted by Crippen LogP contribution is -2.07. The number of carboxylic acids is 1. The first-order valence-corrected chi connectivity index (χ1v) is 7.77. The van der Waals surface area contributed by atoms with E-state index in [1.807, 2.05) is 32.0 Å². The number of nitrogens with zero attached hydrogens (tertiary/aromatic N) is 2. The zero-order valence-corrected chi connectivity index (χ0v) is 13.0. The highest BCUT2D eigenvalue weighted by atomic mass is 32.2. The van der Waals surface area contributed by atoms with Gasteiger partial charge in [-0.05, 0) is 38.0 Å². The Morgan fingerprint density at radius 3 is 2.33 bits per heavy atom. The van der Waals surface area contributed by atoms with Crippen LogP contribution in [0.1, 0.15) is 29.2 Å². The molecule has 0 bridgehead atoms. The molecular formula is C16H18N2O2S. The van der Waals surface area contributed by atoms with Crippen molar-refractivity contribution < 1.29 is 9.90 Å². The van der Waals surface area contributed by atoms with Crippen molar-refractivity contribution in [1.82, 2.24) is 9.97 Å². The zero-order chi connectivity index (χ0) is 15.2. The SMILES string of the molecule is Cc1nc(CSc2ccccc2)nc(C)c1CCC(=O)O. The number of carboxylic acid groups (broad SMARTS) is 1. The number of hydrogen-bond donors (Lipinski definition) is 1. The molecule has 0 aliphatic heterocycles. The minimum absolute atomic E-state index is 0.114. The average Bonchev–Trinajstić information content (AvgIpc) is 2.45.